The number of carbonyl (C=O) groups is 1. The second-order valence-corrected chi connectivity index (χ2v) is 10.2. The highest BCUT2D eigenvalue weighted by molar-refractivity contribution is 6.52. The molecule has 0 spiro atoms. The van der Waals surface area contributed by atoms with E-state index in [1.807, 2.05) is 0 Å². The van der Waals surface area contributed by atoms with Gasteiger partial charge in [0.1, 0.15) is 4.33 Å². The van der Waals surface area contributed by atoms with E-state index in [0.717, 1.165) is 5.56 Å². The summed E-state index contributed by atoms with van der Waals surface area (Å²) < 4.78 is 35.7. The zero-order valence-electron chi connectivity index (χ0n) is 16.4. The molecule has 2 aromatic rings. The minimum absolute atomic E-state index is 0.112. The molecule has 2 N–H and O–H groups in total. The Labute approximate surface area is 208 Å². The first kappa shape index (κ1) is 25.6. The Kier molecular flexibility index (Phi) is 8.04. The Bertz CT molecular complexity index is 980. The van der Waals surface area contributed by atoms with Gasteiger partial charge in [-0.25, -0.2) is 0 Å². The Morgan fingerprint density at radius 1 is 1.03 bits per heavy atom. The molecule has 0 bridgehead atoms. The summed E-state index contributed by atoms with van der Waals surface area (Å²) in [6.45, 7) is 0.287. The Hall–Kier alpha value is -1.05. The maximum absolute atomic E-state index is 12.3. The third-order valence-corrected chi connectivity index (χ3v) is 6.90. The monoisotopic (exact) mass is 546 g/mol. The maximum atomic E-state index is 12.3. The van der Waals surface area contributed by atoms with Gasteiger partial charge < -0.3 is 10.6 Å². The standard InChI is InChI=1S/C21H18Cl5F3N2O/c22-12-6-11(7-13(23)8-12)18-16(21(18,25)26)10-31-14-2-3-17(24)15(9-14)19(32)30-5-1-4-20(27,28)29/h2-3,6-9,16,18,31H,1,4-5,10H2,(H,30,32). The Balaban J connectivity index is 1.60. The van der Waals surface area contributed by atoms with Gasteiger partial charge in [0.05, 0.1) is 10.6 Å². The van der Waals surface area contributed by atoms with Crippen LogP contribution in [0.25, 0.3) is 0 Å². The van der Waals surface area contributed by atoms with Crippen molar-refractivity contribution in [1.29, 1.82) is 0 Å². The average Bonchev–Trinajstić information content (AvgIpc) is 3.23. The van der Waals surface area contributed by atoms with Crippen molar-refractivity contribution in [3.63, 3.8) is 0 Å². The normalized spacial score (nSPS) is 19.5. The van der Waals surface area contributed by atoms with Crippen LogP contribution in [0.15, 0.2) is 36.4 Å². The van der Waals surface area contributed by atoms with Gasteiger partial charge in [-0.05, 0) is 48.4 Å². The van der Waals surface area contributed by atoms with Gasteiger partial charge in [-0.3, -0.25) is 4.79 Å². The van der Waals surface area contributed by atoms with Gasteiger partial charge in [0.25, 0.3) is 5.91 Å². The fraction of sp³-hybridized carbons (Fsp3) is 0.381. The molecule has 2 aromatic carbocycles. The molecule has 1 aliphatic rings. The Morgan fingerprint density at radius 2 is 1.69 bits per heavy atom. The number of hydrogen-bond acceptors (Lipinski definition) is 2. The van der Waals surface area contributed by atoms with Crippen LogP contribution in [0.4, 0.5) is 18.9 Å². The average molecular weight is 549 g/mol. The van der Waals surface area contributed by atoms with E-state index in [0.29, 0.717) is 22.3 Å². The first-order valence-corrected chi connectivity index (χ1v) is 11.5. The van der Waals surface area contributed by atoms with E-state index in [4.69, 9.17) is 58.0 Å². The molecular weight excluding hydrogens is 531 g/mol. The minimum atomic E-state index is -4.26. The van der Waals surface area contributed by atoms with Crippen LogP contribution in [0.2, 0.25) is 15.1 Å². The Morgan fingerprint density at radius 3 is 2.31 bits per heavy atom. The van der Waals surface area contributed by atoms with E-state index in [1.165, 1.54) is 12.1 Å². The lowest BCUT2D eigenvalue weighted by atomic mass is 10.1. The summed E-state index contributed by atoms with van der Waals surface area (Å²) in [7, 11) is 0. The van der Waals surface area contributed by atoms with E-state index in [-0.39, 0.29) is 35.4 Å². The summed E-state index contributed by atoms with van der Waals surface area (Å²) >= 11 is 31.2. The number of nitrogens with one attached hydrogen (secondary N) is 2. The van der Waals surface area contributed by atoms with Crippen molar-refractivity contribution < 1.29 is 18.0 Å². The third-order valence-electron chi connectivity index (χ3n) is 5.11. The van der Waals surface area contributed by atoms with Crippen molar-refractivity contribution in [2.75, 3.05) is 18.4 Å². The molecule has 0 saturated heterocycles. The van der Waals surface area contributed by atoms with E-state index in [2.05, 4.69) is 10.6 Å². The number of halogens is 8. The fourth-order valence-electron chi connectivity index (χ4n) is 3.48. The van der Waals surface area contributed by atoms with Crippen LogP contribution in [-0.2, 0) is 0 Å². The first-order chi connectivity index (χ1) is 14.9. The lowest BCUT2D eigenvalue weighted by Gasteiger charge is -2.11. The van der Waals surface area contributed by atoms with Crippen molar-refractivity contribution in [2.24, 2.45) is 5.92 Å². The molecule has 1 aliphatic carbocycles. The molecule has 1 saturated carbocycles. The summed E-state index contributed by atoms with van der Waals surface area (Å²) in [5.41, 5.74) is 1.57. The summed E-state index contributed by atoms with van der Waals surface area (Å²) in [6, 6.07) is 9.89. The third kappa shape index (κ3) is 6.51. The van der Waals surface area contributed by atoms with Crippen LogP contribution in [-0.4, -0.2) is 29.5 Å². The van der Waals surface area contributed by atoms with Crippen molar-refractivity contribution >= 4 is 69.6 Å². The molecule has 3 rings (SSSR count). The molecule has 2 atom stereocenters. The van der Waals surface area contributed by atoms with Gasteiger partial charge >= 0.3 is 6.18 Å². The van der Waals surface area contributed by atoms with Gasteiger partial charge in [-0.1, -0.05) is 34.8 Å². The molecule has 1 fully saturated rings. The number of anilines is 1. The van der Waals surface area contributed by atoms with Gasteiger partial charge in [0.2, 0.25) is 0 Å². The second kappa shape index (κ2) is 10.1. The number of benzene rings is 2. The highest BCUT2D eigenvalue weighted by Gasteiger charge is 2.63. The molecular formula is C21H18Cl5F3N2O. The number of alkyl halides is 5. The molecule has 11 heteroatoms. The largest absolute Gasteiger partial charge is 0.389 e. The SMILES string of the molecule is O=C(NCCCC(F)(F)F)c1cc(NCC2C(c3cc(Cl)cc(Cl)c3)C2(Cl)Cl)ccc1Cl. The van der Waals surface area contributed by atoms with Crippen molar-refractivity contribution in [3.8, 4) is 0 Å². The van der Waals surface area contributed by atoms with Crippen LogP contribution in [0.5, 0.6) is 0 Å². The second-order valence-electron chi connectivity index (χ2n) is 7.51. The molecule has 0 heterocycles. The lowest BCUT2D eigenvalue weighted by molar-refractivity contribution is -0.135. The molecule has 32 heavy (non-hydrogen) atoms. The zero-order valence-corrected chi connectivity index (χ0v) is 20.2. The quantitative estimate of drug-likeness (QED) is 0.262. The summed E-state index contributed by atoms with van der Waals surface area (Å²) in [5, 5.41) is 6.79. The van der Waals surface area contributed by atoms with E-state index >= 15 is 0 Å². The van der Waals surface area contributed by atoms with Gasteiger partial charge in [0.15, 0.2) is 0 Å². The van der Waals surface area contributed by atoms with Crippen LogP contribution in [0, 0.1) is 5.92 Å². The summed E-state index contributed by atoms with van der Waals surface area (Å²) in [4.78, 5) is 12.3. The molecule has 174 valence electrons. The van der Waals surface area contributed by atoms with Gasteiger partial charge in [0, 0.05) is 47.1 Å². The van der Waals surface area contributed by atoms with Crippen molar-refractivity contribution in [3.05, 3.63) is 62.6 Å². The van der Waals surface area contributed by atoms with Crippen LogP contribution in [0.3, 0.4) is 0 Å². The van der Waals surface area contributed by atoms with Gasteiger partial charge in [-0.2, -0.15) is 13.2 Å². The summed E-state index contributed by atoms with van der Waals surface area (Å²) in [5.74, 6) is -0.878. The first-order valence-electron chi connectivity index (χ1n) is 9.60. The van der Waals surface area contributed by atoms with Crippen LogP contribution >= 0.6 is 58.0 Å². The smallest absolute Gasteiger partial charge is 0.385 e. The number of amides is 1. The number of hydrogen-bond donors (Lipinski definition) is 2. The molecule has 0 aromatic heterocycles. The number of rotatable bonds is 8. The van der Waals surface area contributed by atoms with Gasteiger partial charge in [-0.15, -0.1) is 23.2 Å². The van der Waals surface area contributed by atoms with E-state index in [9.17, 15) is 18.0 Å². The van der Waals surface area contributed by atoms with Crippen LogP contribution < -0.4 is 10.6 Å². The van der Waals surface area contributed by atoms with E-state index < -0.39 is 22.8 Å². The molecule has 1 amide bonds. The predicted octanol–water partition coefficient (Wildman–Crippen LogP) is 7.72. The number of carbonyl (C=O) groups excluding carboxylic acids is 1. The topological polar surface area (TPSA) is 41.1 Å². The van der Waals surface area contributed by atoms with Crippen molar-refractivity contribution in [2.45, 2.75) is 29.3 Å². The maximum Gasteiger partial charge on any atom is 0.389 e. The highest BCUT2D eigenvalue weighted by atomic mass is 35.5. The zero-order chi connectivity index (χ0) is 23.7. The molecule has 2 unspecified atom stereocenters. The van der Waals surface area contributed by atoms with E-state index in [1.54, 1.807) is 24.3 Å². The van der Waals surface area contributed by atoms with Crippen molar-refractivity contribution in [1.82, 2.24) is 5.32 Å². The van der Waals surface area contributed by atoms with Crippen LogP contribution in [0.1, 0.15) is 34.7 Å². The fourth-order valence-corrected chi connectivity index (χ4v) is 5.06. The highest BCUT2D eigenvalue weighted by Crippen LogP contribution is 2.65. The minimum Gasteiger partial charge on any atom is -0.385 e. The predicted molar refractivity (Wildman–Crippen MR) is 125 cm³/mol. The molecule has 3 nitrogen and oxygen atoms in total. The molecule has 0 radical (unpaired) electrons. The molecule has 0 aliphatic heterocycles. The lowest BCUT2D eigenvalue weighted by Crippen LogP contribution is -2.26. The summed E-state index contributed by atoms with van der Waals surface area (Å²) in [6.07, 6.45) is -5.44.